The monoisotopic (exact) mass is 513 g/mol. The standard InChI is InChI=1S/C26H27N9O3/c1-32-10-11-34(16-22(32)26(37)38-3)24-13-20(25(36)28-15-18-6-4-17(14-27)5-7-18)30-23-12-19(31-35(23)24)21-8-9-29-33(21)2/h4-9,12-13,22H,10-11,15-16H2,1-3H3,(H,28,36)/t22-/m1/s1. The zero-order valence-electron chi connectivity index (χ0n) is 21.3. The van der Waals surface area contributed by atoms with E-state index in [9.17, 15) is 9.59 Å². The van der Waals surface area contributed by atoms with Gasteiger partial charge >= 0.3 is 5.97 Å². The van der Waals surface area contributed by atoms with E-state index in [1.54, 1.807) is 45.7 Å². The molecule has 0 spiro atoms. The summed E-state index contributed by atoms with van der Waals surface area (Å²) in [4.78, 5) is 34.2. The highest BCUT2D eigenvalue weighted by Gasteiger charge is 2.32. The van der Waals surface area contributed by atoms with Crippen molar-refractivity contribution in [3.05, 3.63) is 65.5 Å². The van der Waals surface area contributed by atoms with E-state index in [1.165, 1.54) is 7.11 Å². The SMILES string of the molecule is COC(=O)[C@H]1CN(c2cc(C(=O)NCc3ccc(C#N)cc3)nc3cc(-c4ccnn4C)nn23)CCN1C. The highest BCUT2D eigenvalue weighted by atomic mass is 16.5. The van der Waals surface area contributed by atoms with E-state index in [4.69, 9.17) is 15.1 Å². The van der Waals surface area contributed by atoms with Crippen molar-refractivity contribution in [1.82, 2.24) is 34.6 Å². The predicted octanol–water partition coefficient (Wildman–Crippen LogP) is 1.22. The molecule has 1 atom stereocenters. The minimum atomic E-state index is -0.460. The summed E-state index contributed by atoms with van der Waals surface area (Å²) in [6.45, 7) is 1.90. The van der Waals surface area contributed by atoms with Gasteiger partial charge in [-0.1, -0.05) is 12.1 Å². The molecule has 1 saturated heterocycles. The Balaban J connectivity index is 1.50. The van der Waals surface area contributed by atoms with E-state index in [2.05, 4.69) is 21.5 Å². The predicted molar refractivity (Wildman–Crippen MR) is 138 cm³/mol. The van der Waals surface area contributed by atoms with Crippen LogP contribution in [-0.2, 0) is 23.1 Å². The highest BCUT2D eigenvalue weighted by molar-refractivity contribution is 5.93. The lowest BCUT2D eigenvalue weighted by Gasteiger charge is -2.38. The summed E-state index contributed by atoms with van der Waals surface area (Å²) in [6, 6.07) is 14.0. The molecule has 0 saturated carbocycles. The number of piperazine rings is 1. The number of likely N-dealkylation sites (N-methyl/N-ethyl adjacent to an activating group) is 1. The smallest absolute Gasteiger partial charge is 0.324 e. The van der Waals surface area contributed by atoms with Crippen LogP contribution in [0.4, 0.5) is 5.82 Å². The molecule has 1 N–H and O–H groups in total. The van der Waals surface area contributed by atoms with Crippen molar-refractivity contribution in [2.75, 3.05) is 38.7 Å². The molecular weight excluding hydrogens is 486 g/mol. The molecule has 0 radical (unpaired) electrons. The first-order chi connectivity index (χ1) is 18.4. The molecule has 12 nitrogen and oxygen atoms in total. The van der Waals surface area contributed by atoms with Crippen LogP contribution in [0, 0.1) is 11.3 Å². The second kappa shape index (κ2) is 10.3. The minimum absolute atomic E-state index is 0.228. The fraction of sp³-hybridized carbons (Fsp3) is 0.308. The lowest BCUT2D eigenvalue weighted by molar-refractivity contribution is -0.146. The third-order valence-corrected chi connectivity index (χ3v) is 6.71. The first-order valence-corrected chi connectivity index (χ1v) is 12.1. The molecule has 0 unspecified atom stereocenters. The molecule has 1 aliphatic rings. The molecule has 4 aromatic rings. The molecule has 1 amide bonds. The van der Waals surface area contributed by atoms with Crippen LogP contribution in [0.25, 0.3) is 17.0 Å². The Kier molecular flexibility index (Phi) is 6.76. The number of methoxy groups -OCH3 is 1. The van der Waals surface area contributed by atoms with Gasteiger partial charge in [-0.3, -0.25) is 19.2 Å². The number of nitriles is 1. The second-order valence-corrected chi connectivity index (χ2v) is 9.10. The van der Waals surface area contributed by atoms with Crippen molar-refractivity contribution >= 4 is 23.3 Å². The Morgan fingerprint density at radius 3 is 2.63 bits per heavy atom. The summed E-state index contributed by atoms with van der Waals surface area (Å²) in [5.41, 5.74) is 3.61. The first-order valence-electron chi connectivity index (χ1n) is 12.1. The third-order valence-electron chi connectivity index (χ3n) is 6.71. The zero-order chi connectivity index (χ0) is 26.8. The average Bonchev–Trinajstić information content (AvgIpc) is 3.57. The van der Waals surface area contributed by atoms with E-state index in [0.717, 1.165) is 11.3 Å². The van der Waals surface area contributed by atoms with Crippen LogP contribution in [0.3, 0.4) is 0 Å². The average molecular weight is 514 g/mol. The fourth-order valence-electron chi connectivity index (χ4n) is 4.49. The largest absolute Gasteiger partial charge is 0.468 e. The van der Waals surface area contributed by atoms with Crippen LogP contribution < -0.4 is 10.2 Å². The maximum absolute atomic E-state index is 13.2. The molecule has 1 aliphatic heterocycles. The molecule has 4 heterocycles. The molecule has 38 heavy (non-hydrogen) atoms. The van der Waals surface area contributed by atoms with Gasteiger partial charge in [0.1, 0.15) is 23.2 Å². The van der Waals surface area contributed by atoms with E-state index in [1.807, 2.05) is 36.0 Å². The Morgan fingerprint density at radius 1 is 1.16 bits per heavy atom. The van der Waals surface area contributed by atoms with E-state index < -0.39 is 6.04 Å². The van der Waals surface area contributed by atoms with Gasteiger partial charge in [-0.05, 0) is 30.8 Å². The number of carbonyl (C=O) groups excluding carboxylic acids is 2. The molecule has 1 fully saturated rings. The summed E-state index contributed by atoms with van der Waals surface area (Å²) in [5, 5.41) is 20.9. The maximum Gasteiger partial charge on any atom is 0.324 e. The summed E-state index contributed by atoms with van der Waals surface area (Å²) in [6.07, 6.45) is 1.69. The molecule has 3 aromatic heterocycles. The third kappa shape index (κ3) is 4.79. The van der Waals surface area contributed by atoms with Gasteiger partial charge in [-0.15, -0.1) is 0 Å². The molecule has 1 aromatic carbocycles. The van der Waals surface area contributed by atoms with Crippen LogP contribution >= 0.6 is 0 Å². The fourth-order valence-corrected chi connectivity index (χ4v) is 4.49. The van der Waals surface area contributed by atoms with Gasteiger partial charge in [0.15, 0.2) is 5.65 Å². The first kappa shape index (κ1) is 24.9. The van der Waals surface area contributed by atoms with Crippen molar-refractivity contribution in [3.63, 3.8) is 0 Å². The Labute approximate surface area is 219 Å². The lowest BCUT2D eigenvalue weighted by Crippen LogP contribution is -2.55. The van der Waals surface area contributed by atoms with Crippen LogP contribution in [0.2, 0.25) is 0 Å². The summed E-state index contributed by atoms with van der Waals surface area (Å²) in [5.74, 6) is -0.0205. The highest BCUT2D eigenvalue weighted by Crippen LogP contribution is 2.25. The normalized spacial score (nSPS) is 15.8. The number of rotatable bonds is 6. The second-order valence-electron chi connectivity index (χ2n) is 9.10. The maximum atomic E-state index is 13.2. The van der Waals surface area contributed by atoms with Crippen molar-refractivity contribution < 1.29 is 14.3 Å². The van der Waals surface area contributed by atoms with Crippen LogP contribution in [-0.4, -0.2) is 81.0 Å². The number of hydrogen-bond acceptors (Lipinski definition) is 9. The number of carbonyl (C=O) groups is 2. The van der Waals surface area contributed by atoms with Crippen molar-refractivity contribution in [3.8, 4) is 17.5 Å². The Bertz CT molecular complexity index is 1530. The Hall–Kier alpha value is -4.76. The molecule has 194 valence electrons. The lowest BCUT2D eigenvalue weighted by atomic mass is 10.1. The number of amides is 1. The van der Waals surface area contributed by atoms with Crippen molar-refractivity contribution in [2.24, 2.45) is 7.05 Å². The van der Waals surface area contributed by atoms with Gasteiger partial charge in [0.2, 0.25) is 0 Å². The Morgan fingerprint density at radius 2 is 1.95 bits per heavy atom. The quantitative estimate of drug-likeness (QED) is 0.378. The number of nitrogens with zero attached hydrogens (tertiary/aromatic N) is 8. The minimum Gasteiger partial charge on any atom is -0.468 e. The van der Waals surface area contributed by atoms with Crippen molar-refractivity contribution in [1.29, 1.82) is 5.26 Å². The van der Waals surface area contributed by atoms with Gasteiger partial charge in [0, 0.05) is 51.6 Å². The molecule has 0 bridgehead atoms. The number of hydrogen-bond donors (Lipinski definition) is 1. The molecule has 5 rings (SSSR count). The summed E-state index contributed by atoms with van der Waals surface area (Å²) >= 11 is 0. The van der Waals surface area contributed by atoms with Gasteiger partial charge in [0.25, 0.3) is 5.91 Å². The van der Waals surface area contributed by atoms with Gasteiger partial charge < -0.3 is 15.0 Å². The van der Waals surface area contributed by atoms with Crippen LogP contribution in [0.5, 0.6) is 0 Å². The van der Waals surface area contributed by atoms with Gasteiger partial charge in [-0.25, -0.2) is 4.98 Å². The van der Waals surface area contributed by atoms with E-state index in [-0.39, 0.29) is 24.1 Å². The number of ether oxygens (including phenoxy) is 1. The molecule has 12 heteroatoms. The van der Waals surface area contributed by atoms with Crippen LogP contribution in [0.15, 0.2) is 48.7 Å². The number of aryl methyl sites for hydroxylation is 1. The molecule has 0 aliphatic carbocycles. The van der Waals surface area contributed by atoms with Crippen LogP contribution in [0.1, 0.15) is 21.6 Å². The number of nitrogens with one attached hydrogen (secondary N) is 1. The summed E-state index contributed by atoms with van der Waals surface area (Å²) < 4.78 is 8.43. The number of fused-ring (bicyclic) bond motifs is 1. The number of esters is 1. The van der Waals surface area contributed by atoms with E-state index >= 15 is 0 Å². The van der Waals surface area contributed by atoms with Gasteiger partial charge in [0.05, 0.1) is 24.4 Å². The summed E-state index contributed by atoms with van der Waals surface area (Å²) in [7, 11) is 5.10. The molecular formula is C26H27N9O3. The topological polar surface area (TPSA) is 134 Å². The number of benzene rings is 1. The number of anilines is 1. The van der Waals surface area contributed by atoms with E-state index in [0.29, 0.717) is 42.4 Å². The number of aromatic nitrogens is 5. The van der Waals surface area contributed by atoms with Gasteiger partial charge in [-0.2, -0.15) is 20.0 Å². The zero-order valence-corrected chi connectivity index (χ0v) is 21.3. The van der Waals surface area contributed by atoms with Crippen molar-refractivity contribution in [2.45, 2.75) is 12.6 Å².